The lowest BCUT2D eigenvalue weighted by Crippen LogP contribution is -2.61. The summed E-state index contributed by atoms with van der Waals surface area (Å²) in [6.45, 7) is 1.85. The first-order valence-corrected chi connectivity index (χ1v) is 8.65. The number of fused-ring (bicyclic) bond motifs is 2. The third kappa shape index (κ3) is 2.43. The van der Waals surface area contributed by atoms with Crippen LogP contribution in [0.25, 0.3) is 0 Å². The molecule has 0 aromatic heterocycles. The van der Waals surface area contributed by atoms with E-state index in [0.717, 1.165) is 10.6 Å². The molecule has 1 fully saturated rings. The molecule has 6 nitrogen and oxygen atoms in total. The molecule has 1 aliphatic carbocycles. The Kier molecular flexibility index (Phi) is 3.73. The zero-order chi connectivity index (χ0) is 16.7. The maximum atomic E-state index is 12.5. The first-order chi connectivity index (χ1) is 10.9. The van der Waals surface area contributed by atoms with E-state index in [1.807, 2.05) is 19.1 Å². The highest BCUT2D eigenvalue weighted by molar-refractivity contribution is 7.86. The maximum Gasteiger partial charge on any atom is 0.313 e. The van der Waals surface area contributed by atoms with Crippen LogP contribution < -0.4 is 0 Å². The number of hydroxylamine groups is 2. The van der Waals surface area contributed by atoms with E-state index in [1.54, 1.807) is 24.3 Å². The number of aryl methyl sites for hydroxylation is 1. The first-order valence-electron chi connectivity index (χ1n) is 7.24. The molecule has 0 radical (unpaired) electrons. The fourth-order valence-electron chi connectivity index (χ4n) is 3.03. The zero-order valence-electron chi connectivity index (χ0n) is 12.5. The van der Waals surface area contributed by atoms with Crippen LogP contribution in [-0.2, 0) is 14.4 Å². The van der Waals surface area contributed by atoms with E-state index in [-0.39, 0.29) is 10.8 Å². The lowest BCUT2D eigenvalue weighted by molar-refractivity contribution is -0.159. The first kappa shape index (κ1) is 15.7. The predicted molar refractivity (Wildman–Crippen MR) is 80.9 cm³/mol. The van der Waals surface area contributed by atoms with Crippen molar-refractivity contribution in [2.24, 2.45) is 5.92 Å². The van der Waals surface area contributed by atoms with Crippen molar-refractivity contribution in [1.82, 2.24) is 5.06 Å². The summed E-state index contributed by atoms with van der Waals surface area (Å²) in [5, 5.41) is 20.1. The average molecular weight is 329 g/mol. The van der Waals surface area contributed by atoms with E-state index in [4.69, 9.17) is 4.28 Å². The van der Waals surface area contributed by atoms with E-state index >= 15 is 0 Å². The van der Waals surface area contributed by atoms with Gasteiger partial charge in [-0.25, -0.2) is 0 Å². The lowest BCUT2D eigenvalue weighted by Gasteiger charge is -2.47. The lowest BCUT2D eigenvalue weighted by atomic mass is 9.73. The van der Waals surface area contributed by atoms with E-state index in [0.29, 0.717) is 12.8 Å². The highest BCUT2D eigenvalue weighted by Gasteiger charge is 2.55. The summed E-state index contributed by atoms with van der Waals surface area (Å²) in [6, 6.07) is 9.74. The topological polar surface area (TPSA) is 94.2 Å². The minimum Gasteiger partial charge on any atom is -0.195 e. The number of benzene rings is 1. The third-order valence-electron chi connectivity index (χ3n) is 4.35. The molecule has 2 unspecified atom stereocenters. The van der Waals surface area contributed by atoms with Gasteiger partial charge in [0.25, 0.3) is 0 Å². The van der Waals surface area contributed by atoms with Gasteiger partial charge in [-0.3, -0.25) is 0 Å². The van der Waals surface area contributed by atoms with Crippen molar-refractivity contribution in [1.29, 1.82) is 10.5 Å². The fourth-order valence-corrected chi connectivity index (χ4v) is 4.03. The van der Waals surface area contributed by atoms with Crippen LogP contribution in [-0.4, -0.2) is 25.1 Å². The molecule has 23 heavy (non-hydrogen) atoms. The predicted octanol–water partition coefficient (Wildman–Crippen LogP) is 2.05. The van der Waals surface area contributed by atoms with Gasteiger partial charge >= 0.3 is 10.1 Å². The van der Waals surface area contributed by atoms with Crippen molar-refractivity contribution in [2.75, 3.05) is 0 Å². The van der Waals surface area contributed by atoms with Crippen LogP contribution in [0.4, 0.5) is 0 Å². The fraction of sp³-hybridized carbons (Fsp3) is 0.375. The van der Waals surface area contributed by atoms with Crippen molar-refractivity contribution in [2.45, 2.75) is 36.2 Å². The second-order valence-electron chi connectivity index (χ2n) is 5.79. The molecular weight excluding hydrogens is 314 g/mol. The van der Waals surface area contributed by atoms with Crippen LogP contribution in [0.5, 0.6) is 0 Å². The second kappa shape index (κ2) is 5.47. The van der Waals surface area contributed by atoms with Crippen LogP contribution >= 0.6 is 0 Å². The van der Waals surface area contributed by atoms with Crippen molar-refractivity contribution in [3.8, 4) is 12.1 Å². The van der Waals surface area contributed by atoms with Gasteiger partial charge in [-0.2, -0.15) is 23.2 Å². The summed E-state index contributed by atoms with van der Waals surface area (Å²) in [6.07, 6.45) is 4.91. The van der Waals surface area contributed by atoms with Gasteiger partial charge < -0.3 is 0 Å². The number of hydrogen-bond donors (Lipinski definition) is 0. The van der Waals surface area contributed by atoms with Crippen molar-refractivity contribution in [3.63, 3.8) is 0 Å². The van der Waals surface area contributed by atoms with Crippen molar-refractivity contribution in [3.05, 3.63) is 42.0 Å². The van der Waals surface area contributed by atoms with Gasteiger partial charge in [-0.15, -0.1) is 5.06 Å². The summed E-state index contributed by atoms with van der Waals surface area (Å²) in [4.78, 5) is -0.00157. The van der Waals surface area contributed by atoms with Gasteiger partial charge in [0.05, 0.1) is 10.9 Å². The highest BCUT2D eigenvalue weighted by atomic mass is 32.2. The molecule has 0 amide bonds. The Labute approximate surface area is 135 Å². The van der Waals surface area contributed by atoms with Gasteiger partial charge in [-0.05, 0) is 31.9 Å². The Morgan fingerprint density at radius 3 is 2.35 bits per heavy atom. The van der Waals surface area contributed by atoms with Gasteiger partial charge in [0.15, 0.2) is 0 Å². The quantitative estimate of drug-likeness (QED) is 0.788. The Morgan fingerprint density at radius 1 is 1.17 bits per heavy atom. The summed E-state index contributed by atoms with van der Waals surface area (Å²) in [5.74, 6) is -0.365. The van der Waals surface area contributed by atoms with Crippen LogP contribution in [0, 0.1) is 35.5 Å². The van der Waals surface area contributed by atoms with E-state index in [9.17, 15) is 18.9 Å². The molecule has 0 spiro atoms. The molecule has 1 aromatic rings. The Bertz CT molecular complexity index is 817. The van der Waals surface area contributed by atoms with Crippen LogP contribution in [0.1, 0.15) is 18.4 Å². The third-order valence-corrected chi connectivity index (χ3v) is 5.56. The Hall–Kier alpha value is -2.19. The smallest absolute Gasteiger partial charge is 0.195 e. The number of nitriles is 2. The monoisotopic (exact) mass is 329 g/mol. The number of rotatable bonds is 3. The van der Waals surface area contributed by atoms with E-state index in [2.05, 4.69) is 0 Å². The van der Waals surface area contributed by atoms with Crippen molar-refractivity contribution < 1.29 is 12.7 Å². The van der Waals surface area contributed by atoms with Crippen molar-refractivity contribution >= 4 is 10.1 Å². The molecule has 2 heterocycles. The number of piperidine rings is 1. The highest BCUT2D eigenvalue weighted by Crippen LogP contribution is 2.43. The molecule has 3 aliphatic rings. The normalized spacial score (nSPS) is 25.7. The minimum atomic E-state index is -4.10. The molecule has 4 rings (SSSR count). The summed E-state index contributed by atoms with van der Waals surface area (Å²) in [7, 11) is -4.10. The van der Waals surface area contributed by atoms with Crippen LogP contribution in [0.15, 0.2) is 41.3 Å². The van der Waals surface area contributed by atoms with E-state index < -0.39 is 21.7 Å². The Morgan fingerprint density at radius 2 is 1.83 bits per heavy atom. The van der Waals surface area contributed by atoms with Gasteiger partial charge in [0.1, 0.15) is 12.1 Å². The van der Waals surface area contributed by atoms with Crippen LogP contribution in [0.3, 0.4) is 0 Å². The largest absolute Gasteiger partial charge is 0.313 e. The molecule has 118 valence electrons. The molecule has 0 saturated carbocycles. The molecule has 1 aromatic carbocycles. The maximum absolute atomic E-state index is 12.5. The summed E-state index contributed by atoms with van der Waals surface area (Å²) in [5.41, 5.74) is -0.692. The molecule has 7 heteroatoms. The van der Waals surface area contributed by atoms with Crippen LogP contribution in [0.2, 0.25) is 0 Å². The molecule has 2 bridgehead atoms. The Balaban J connectivity index is 1.98. The SMILES string of the molecule is Cc1ccc(S(=O)(=O)ON2C3C=CC(CC3)C2(C#N)C#N)cc1. The molecule has 2 atom stereocenters. The molecular formula is C16H15N3O3S. The van der Waals surface area contributed by atoms with E-state index in [1.165, 1.54) is 12.1 Å². The summed E-state index contributed by atoms with van der Waals surface area (Å²) < 4.78 is 30.2. The standard InChI is InChI=1S/C16H15N3O3S/c1-12-2-8-15(9-3-12)23(20,21)22-19-14-6-4-13(5-7-14)16(19,10-17)11-18/h2-4,6,8-9,13-14H,5,7H2,1H3. The molecule has 1 saturated heterocycles. The average Bonchev–Trinajstić information content (AvgIpc) is 2.56. The molecule has 0 N–H and O–H groups in total. The molecule has 2 aliphatic heterocycles. The summed E-state index contributed by atoms with van der Waals surface area (Å²) >= 11 is 0. The van der Waals surface area contributed by atoms with Gasteiger partial charge in [-0.1, -0.05) is 29.8 Å². The minimum absolute atomic E-state index is 0.00157. The number of nitrogens with zero attached hydrogens (tertiary/aromatic N) is 3. The number of hydrogen-bond acceptors (Lipinski definition) is 6. The zero-order valence-corrected chi connectivity index (χ0v) is 13.3. The van der Waals surface area contributed by atoms with Gasteiger partial charge in [0.2, 0.25) is 5.54 Å². The second-order valence-corrected chi connectivity index (χ2v) is 7.32. The van der Waals surface area contributed by atoms with Gasteiger partial charge in [0, 0.05) is 5.92 Å².